The van der Waals surface area contributed by atoms with Crippen LogP contribution in [-0.4, -0.2) is 19.0 Å². The molecule has 0 amide bonds. The fraction of sp³-hybridized carbons (Fsp3) is 0.300. The van der Waals surface area contributed by atoms with Gasteiger partial charge in [-0.1, -0.05) is 30.3 Å². The average molecular weight is 176 g/mol. The summed E-state index contributed by atoms with van der Waals surface area (Å²) in [6.45, 7) is 1.08. The van der Waals surface area contributed by atoms with E-state index in [1.54, 1.807) is 0 Å². The second kappa shape index (κ2) is 3.58. The van der Waals surface area contributed by atoms with E-state index in [0.717, 1.165) is 5.56 Å². The summed E-state index contributed by atoms with van der Waals surface area (Å²) in [5.41, 5.74) is 6.58. The fourth-order valence-corrected chi connectivity index (χ4v) is 1.38. The first-order chi connectivity index (χ1) is 6.40. The van der Waals surface area contributed by atoms with Gasteiger partial charge in [0, 0.05) is 0 Å². The zero-order chi connectivity index (χ0) is 9.10. The van der Waals surface area contributed by atoms with E-state index in [1.165, 1.54) is 0 Å². The largest absolute Gasteiger partial charge is 0.470 e. The van der Waals surface area contributed by atoms with Crippen molar-refractivity contribution in [3.63, 3.8) is 0 Å². The molecule has 3 heteroatoms. The summed E-state index contributed by atoms with van der Waals surface area (Å²) < 4.78 is 5.52. The maximum Gasteiger partial charge on any atom is 0.198 e. The summed E-state index contributed by atoms with van der Waals surface area (Å²) in [4.78, 5) is 4.18. The van der Waals surface area contributed by atoms with E-state index in [9.17, 15) is 0 Å². The monoisotopic (exact) mass is 176 g/mol. The van der Waals surface area contributed by atoms with Crippen molar-refractivity contribution >= 4 is 5.90 Å². The third kappa shape index (κ3) is 1.70. The molecule has 1 aliphatic heterocycles. The van der Waals surface area contributed by atoms with Crippen LogP contribution in [0.15, 0.2) is 35.3 Å². The second-order valence-corrected chi connectivity index (χ2v) is 2.96. The van der Waals surface area contributed by atoms with E-state index in [0.29, 0.717) is 19.0 Å². The lowest BCUT2D eigenvalue weighted by molar-refractivity contribution is 0.226. The van der Waals surface area contributed by atoms with Gasteiger partial charge < -0.3 is 10.5 Å². The summed E-state index contributed by atoms with van der Waals surface area (Å²) in [5.74, 6) is 0.661. The molecule has 1 aliphatic rings. The maximum absolute atomic E-state index is 5.52. The topological polar surface area (TPSA) is 47.6 Å². The molecule has 0 saturated heterocycles. The molecule has 0 spiro atoms. The number of nitrogens with zero attached hydrogens (tertiary/aromatic N) is 1. The molecule has 2 rings (SSSR count). The smallest absolute Gasteiger partial charge is 0.198 e. The minimum Gasteiger partial charge on any atom is -0.470 e. The molecule has 68 valence electrons. The van der Waals surface area contributed by atoms with Crippen molar-refractivity contribution in [1.29, 1.82) is 0 Å². The Hall–Kier alpha value is -1.35. The lowest BCUT2D eigenvalue weighted by Gasteiger charge is -2.10. The molecular formula is C10H12N2O. The van der Waals surface area contributed by atoms with Gasteiger partial charge in [-0.05, 0) is 5.56 Å². The molecule has 3 nitrogen and oxygen atoms in total. The molecule has 1 aromatic carbocycles. The van der Waals surface area contributed by atoms with Crippen LogP contribution in [0.5, 0.6) is 0 Å². The van der Waals surface area contributed by atoms with Crippen LogP contribution in [0.1, 0.15) is 11.7 Å². The molecule has 1 unspecified atom stereocenters. The highest BCUT2D eigenvalue weighted by atomic mass is 16.5. The van der Waals surface area contributed by atoms with Gasteiger partial charge in [-0.2, -0.15) is 0 Å². The van der Waals surface area contributed by atoms with Crippen LogP contribution >= 0.6 is 0 Å². The molecule has 1 heterocycles. The van der Waals surface area contributed by atoms with Gasteiger partial charge in [0.2, 0.25) is 0 Å². The average Bonchev–Trinajstić information content (AvgIpc) is 2.67. The highest BCUT2D eigenvalue weighted by Gasteiger charge is 2.19. The van der Waals surface area contributed by atoms with E-state index in [2.05, 4.69) is 4.99 Å². The first kappa shape index (κ1) is 8.26. The Morgan fingerprint density at radius 2 is 2.15 bits per heavy atom. The first-order valence-electron chi connectivity index (χ1n) is 4.35. The van der Waals surface area contributed by atoms with Crippen molar-refractivity contribution in [2.75, 3.05) is 13.1 Å². The molecule has 1 atom stereocenters. The van der Waals surface area contributed by atoms with Gasteiger partial charge in [-0.25, -0.2) is 0 Å². The van der Waals surface area contributed by atoms with Crippen LogP contribution in [-0.2, 0) is 4.74 Å². The van der Waals surface area contributed by atoms with E-state index < -0.39 is 0 Å². The Balaban J connectivity index is 2.07. The Morgan fingerprint density at radius 1 is 1.38 bits per heavy atom. The van der Waals surface area contributed by atoms with Crippen LogP contribution in [0.3, 0.4) is 0 Å². The number of aliphatic imine (C=N–C) groups is 1. The molecule has 0 fully saturated rings. The molecule has 1 aromatic rings. The third-order valence-electron chi connectivity index (χ3n) is 2.06. The predicted octanol–water partition coefficient (Wildman–Crippen LogP) is 1.12. The molecule has 0 bridgehead atoms. The lowest BCUT2D eigenvalue weighted by atomic mass is 10.1. The minimum absolute atomic E-state index is 0.0692. The summed E-state index contributed by atoms with van der Waals surface area (Å²) >= 11 is 0. The second-order valence-electron chi connectivity index (χ2n) is 2.96. The highest BCUT2D eigenvalue weighted by molar-refractivity contribution is 5.79. The predicted molar refractivity (Wildman–Crippen MR) is 51.6 cm³/mol. The van der Waals surface area contributed by atoms with E-state index in [4.69, 9.17) is 10.5 Å². The van der Waals surface area contributed by atoms with Gasteiger partial charge in [-0.15, -0.1) is 0 Å². The number of benzene rings is 1. The number of hydrogen-bond donors (Lipinski definition) is 1. The van der Waals surface area contributed by atoms with Crippen LogP contribution in [0.25, 0.3) is 0 Å². The Kier molecular flexibility index (Phi) is 2.27. The van der Waals surface area contributed by atoms with Crippen molar-refractivity contribution in [3.05, 3.63) is 35.9 Å². The SMILES string of the molecule is NCC1=NCC(c2ccccc2)O1. The van der Waals surface area contributed by atoms with Gasteiger partial charge in [0.15, 0.2) is 5.90 Å². The Morgan fingerprint density at radius 3 is 2.77 bits per heavy atom. The van der Waals surface area contributed by atoms with Crippen LogP contribution in [0, 0.1) is 0 Å². The molecule has 0 aliphatic carbocycles. The van der Waals surface area contributed by atoms with E-state index >= 15 is 0 Å². The van der Waals surface area contributed by atoms with Crippen LogP contribution < -0.4 is 5.73 Å². The highest BCUT2D eigenvalue weighted by Crippen LogP contribution is 2.21. The normalized spacial score (nSPS) is 21.0. The molecule has 0 radical (unpaired) electrons. The van der Waals surface area contributed by atoms with Crippen molar-refractivity contribution in [1.82, 2.24) is 0 Å². The van der Waals surface area contributed by atoms with Crippen molar-refractivity contribution in [2.24, 2.45) is 10.7 Å². The van der Waals surface area contributed by atoms with Crippen molar-refractivity contribution in [2.45, 2.75) is 6.10 Å². The molecule has 0 saturated carbocycles. The van der Waals surface area contributed by atoms with E-state index in [-0.39, 0.29) is 6.10 Å². The molecule has 0 aromatic heterocycles. The molecule has 2 N–H and O–H groups in total. The first-order valence-corrected chi connectivity index (χ1v) is 4.35. The van der Waals surface area contributed by atoms with E-state index in [1.807, 2.05) is 30.3 Å². The number of nitrogens with two attached hydrogens (primary N) is 1. The van der Waals surface area contributed by atoms with Crippen LogP contribution in [0.4, 0.5) is 0 Å². The van der Waals surface area contributed by atoms with Crippen molar-refractivity contribution in [3.8, 4) is 0 Å². The summed E-state index contributed by atoms with van der Waals surface area (Å²) in [5, 5.41) is 0. The zero-order valence-electron chi connectivity index (χ0n) is 7.31. The lowest BCUT2D eigenvalue weighted by Crippen LogP contribution is -2.14. The summed E-state index contributed by atoms with van der Waals surface area (Å²) in [6, 6.07) is 10.1. The summed E-state index contributed by atoms with van der Waals surface area (Å²) in [6.07, 6.45) is 0.0692. The zero-order valence-corrected chi connectivity index (χ0v) is 7.31. The summed E-state index contributed by atoms with van der Waals surface area (Å²) in [7, 11) is 0. The molecular weight excluding hydrogens is 164 g/mol. The van der Waals surface area contributed by atoms with Gasteiger partial charge in [-0.3, -0.25) is 4.99 Å². The third-order valence-corrected chi connectivity index (χ3v) is 2.06. The Labute approximate surface area is 77.2 Å². The number of ether oxygens (including phenoxy) is 1. The maximum atomic E-state index is 5.52. The van der Waals surface area contributed by atoms with Gasteiger partial charge in [0.25, 0.3) is 0 Å². The van der Waals surface area contributed by atoms with Gasteiger partial charge >= 0.3 is 0 Å². The van der Waals surface area contributed by atoms with Crippen molar-refractivity contribution < 1.29 is 4.74 Å². The van der Waals surface area contributed by atoms with Crippen LogP contribution in [0.2, 0.25) is 0 Å². The fourth-order valence-electron chi connectivity index (χ4n) is 1.38. The quantitative estimate of drug-likeness (QED) is 0.733. The van der Waals surface area contributed by atoms with Gasteiger partial charge in [0.05, 0.1) is 13.1 Å². The van der Waals surface area contributed by atoms with Gasteiger partial charge in [0.1, 0.15) is 6.10 Å². The molecule has 13 heavy (non-hydrogen) atoms. The standard InChI is InChI=1S/C10H12N2O/c11-6-10-12-7-9(13-10)8-4-2-1-3-5-8/h1-5,9H,6-7,11H2. The Bertz CT molecular complexity index is 308. The minimum atomic E-state index is 0.0692. The number of hydrogen-bond acceptors (Lipinski definition) is 3. The number of rotatable bonds is 2.